The van der Waals surface area contributed by atoms with Crippen molar-refractivity contribution in [2.24, 2.45) is 0 Å². The number of aromatic amines is 1. The molecule has 4 N–H and O–H groups in total. The Hall–Kier alpha value is -5.06. The number of H-pyrrole nitrogens is 1. The summed E-state index contributed by atoms with van der Waals surface area (Å²) in [5.74, 6) is -0.0149. The number of amides is 1. The van der Waals surface area contributed by atoms with Gasteiger partial charge in [-0.15, -0.1) is 11.3 Å². The number of imidazole rings is 1. The largest absolute Gasteiger partial charge is 0.387 e. The van der Waals surface area contributed by atoms with E-state index in [4.69, 9.17) is 4.98 Å². The summed E-state index contributed by atoms with van der Waals surface area (Å²) < 4.78 is 1.80. The highest BCUT2D eigenvalue weighted by molar-refractivity contribution is 7.17. The molecule has 204 valence electrons. The first-order valence-corrected chi connectivity index (χ1v) is 13.8. The lowest BCUT2D eigenvalue weighted by molar-refractivity contribution is 0.100. The van der Waals surface area contributed by atoms with E-state index in [1.165, 1.54) is 11.3 Å². The van der Waals surface area contributed by atoms with Crippen LogP contribution in [0.4, 0.5) is 11.6 Å². The number of nitrogens with one attached hydrogen (secondary N) is 3. The van der Waals surface area contributed by atoms with Crippen molar-refractivity contribution in [1.82, 2.24) is 19.7 Å². The highest BCUT2D eigenvalue weighted by Gasteiger charge is 2.20. The van der Waals surface area contributed by atoms with E-state index in [1.807, 2.05) is 72.8 Å². The zero-order valence-electron chi connectivity index (χ0n) is 21.8. The molecule has 3 aromatic carbocycles. The molecule has 0 fully saturated rings. The van der Waals surface area contributed by atoms with Crippen molar-refractivity contribution in [2.45, 2.75) is 12.6 Å². The van der Waals surface area contributed by atoms with Crippen LogP contribution in [0.1, 0.15) is 31.7 Å². The lowest BCUT2D eigenvalue weighted by Crippen LogP contribution is -2.17. The quantitative estimate of drug-likeness (QED) is 0.157. The van der Waals surface area contributed by atoms with E-state index in [9.17, 15) is 14.7 Å². The normalized spacial score (nSPS) is 11.8. The molecule has 0 bridgehead atoms. The minimum Gasteiger partial charge on any atom is -0.387 e. The van der Waals surface area contributed by atoms with Gasteiger partial charge in [-0.2, -0.15) is 5.10 Å². The number of nitrogens with zero attached hydrogens (tertiary/aromatic N) is 3. The summed E-state index contributed by atoms with van der Waals surface area (Å²) in [7, 11) is 0. The zero-order chi connectivity index (χ0) is 28.2. The molecule has 9 nitrogen and oxygen atoms in total. The number of aromatic nitrogens is 4. The molecule has 6 rings (SSSR count). The Labute approximate surface area is 239 Å². The maximum atomic E-state index is 13.3. The molecule has 0 radical (unpaired) electrons. The molecule has 1 atom stereocenters. The Morgan fingerprint density at radius 1 is 0.976 bits per heavy atom. The van der Waals surface area contributed by atoms with Crippen molar-refractivity contribution in [2.75, 3.05) is 17.2 Å². The van der Waals surface area contributed by atoms with Gasteiger partial charge < -0.3 is 15.0 Å². The Balaban J connectivity index is 1.27. The molecule has 0 aliphatic rings. The zero-order valence-corrected chi connectivity index (χ0v) is 22.6. The monoisotopic (exact) mass is 562 g/mol. The van der Waals surface area contributed by atoms with Crippen LogP contribution in [0.2, 0.25) is 0 Å². The fourth-order valence-corrected chi connectivity index (χ4v) is 5.43. The number of aliphatic hydroxyl groups is 1. The Morgan fingerprint density at radius 2 is 1.76 bits per heavy atom. The van der Waals surface area contributed by atoms with E-state index in [-0.39, 0.29) is 24.8 Å². The Kier molecular flexibility index (Phi) is 7.40. The van der Waals surface area contributed by atoms with Crippen LogP contribution in [0.5, 0.6) is 0 Å². The van der Waals surface area contributed by atoms with Crippen molar-refractivity contribution < 1.29 is 14.7 Å². The number of fused-ring (bicyclic) bond motifs is 1. The highest BCUT2D eigenvalue weighted by Crippen LogP contribution is 2.30. The maximum absolute atomic E-state index is 13.3. The molecule has 3 aromatic heterocycles. The van der Waals surface area contributed by atoms with E-state index >= 15 is 0 Å². The van der Waals surface area contributed by atoms with Crippen LogP contribution in [-0.4, -0.2) is 43.1 Å². The van der Waals surface area contributed by atoms with Crippen LogP contribution >= 0.6 is 11.3 Å². The van der Waals surface area contributed by atoms with Gasteiger partial charge in [-0.05, 0) is 35.9 Å². The molecule has 0 spiro atoms. The molecular formula is C31H26N6O3S. The molecule has 0 saturated carbocycles. The first-order valence-electron chi connectivity index (χ1n) is 13.0. The van der Waals surface area contributed by atoms with Crippen molar-refractivity contribution >= 4 is 45.7 Å². The van der Waals surface area contributed by atoms with Gasteiger partial charge in [-0.25, -0.2) is 4.98 Å². The first kappa shape index (κ1) is 26.2. The molecule has 1 amide bonds. The SMILES string of the molecule is O=C(CNc1ccc2c(c1)nc(NC(=O)c1ccc(-c3cn[nH]c3)s1)n2C[C@H](O)c1ccccc1)c1ccccc1. The predicted molar refractivity (Wildman–Crippen MR) is 160 cm³/mol. The number of Topliss-reactive ketones (excluding diaryl/α,β-unsaturated/α-hetero) is 1. The second-order valence-electron chi connectivity index (χ2n) is 9.42. The topological polar surface area (TPSA) is 125 Å². The molecular weight excluding hydrogens is 536 g/mol. The minimum atomic E-state index is -0.819. The molecule has 10 heteroatoms. The fraction of sp³-hybridized carbons (Fsp3) is 0.0968. The van der Waals surface area contributed by atoms with Crippen LogP contribution < -0.4 is 10.6 Å². The highest BCUT2D eigenvalue weighted by atomic mass is 32.1. The number of benzene rings is 3. The smallest absolute Gasteiger partial charge is 0.268 e. The standard InChI is InChI=1S/C31H26N6O3S/c38-26(20-7-3-1-4-8-20)18-32-23-11-12-25-24(15-23)35-31(37(25)19-27(39)21-9-5-2-6-10-21)36-30(40)29-14-13-28(41-29)22-16-33-34-17-22/h1-17,27,32,39H,18-19H2,(H,33,34)(H,35,36,40)/t27-/m0/s1. The summed E-state index contributed by atoms with van der Waals surface area (Å²) in [6, 6.07) is 27.7. The average molecular weight is 563 g/mol. The molecule has 0 aliphatic heterocycles. The van der Waals surface area contributed by atoms with Gasteiger partial charge in [-0.1, -0.05) is 60.7 Å². The van der Waals surface area contributed by atoms with Crippen molar-refractivity contribution in [3.63, 3.8) is 0 Å². The maximum Gasteiger partial charge on any atom is 0.268 e. The second-order valence-corrected chi connectivity index (χ2v) is 10.5. The van der Waals surface area contributed by atoms with Gasteiger partial charge in [0, 0.05) is 27.9 Å². The fourth-order valence-electron chi connectivity index (χ4n) is 4.55. The van der Waals surface area contributed by atoms with E-state index in [1.54, 1.807) is 35.2 Å². The molecule has 41 heavy (non-hydrogen) atoms. The first-order chi connectivity index (χ1) is 20.0. The number of hydrogen-bond acceptors (Lipinski definition) is 7. The van der Waals surface area contributed by atoms with E-state index in [0.29, 0.717) is 21.9 Å². The van der Waals surface area contributed by atoms with Gasteiger partial charge in [0.25, 0.3) is 5.91 Å². The number of carbonyl (C=O) groups excluding carboxylic acids is 2. The molecule has 0 saturated heterocycles. The van der Waals surface area contributed by atoms with Gasteiger partial charge in [0.05, 0.1) is 41.3 Å². The molecule has 0 unspecified atom stereocenters. The van der Waals surface area contributed by atoms with Gasteiger partial charge in [0.1, 0.15) is 0 Å². The van der Waals surface area contributed by atoms with Crippen LogP contribution in [0.15, 0.2) is 103 Å². The number of anilines is 2. The molecule has 0 aliphatic carbocycles. The molecule has 6 aromatic rings. The van der Waals surface area contributed by atoms with E-state index in [0.717, 1.165) is 27.2 Å². The summed E-state index contributed by atoms with van der Waals surface area (Å²) in [4.78, 5) is 32.0. The summed E-state index contributed by atoms with van der Waals surface area (Å²) in [5.41, 5.74) is 4.36. The Bertz CT molecular complexity index is 1800. The van der Waals surface area contributed by atoms with Gasteiger partial charge in [0.2, 0.25) is 5.95 Å². The summed E-state index contributed by atoms with van der Waals surface area (Å²) in [5, 5.41) is 23.9. The number of thiophene rings is 1. The third-order valence-corrected chi connectivity index (χ3v) is 7.81. The number of carbonyl (C=O) groups is 2. The Morgan fingerprint density at radius 3 is 2.51 bits per heavy atom. The van der Waals surface area contributed by atoms with E-state index < -0.39 is 6.10 Å². The third kappa shape index (κ3) is 5.79. The van der Waals surface area contributed by atoms with Gasteiger partial charge in [0.15, 0.2) is 5.78 Å². The third-order valence-electron chi connectivity index (χ3n) is 6.67. The van der Waals surface area contributed by atoms with E-state index in [2.05, 4.69) is 20.8 Å². The number of rotatable bonds is 10. The van der Waals surface area contributed by atoms with Crippen LogP contribution in [0, 0.1) is 0 Å². The molecule has 3 heterocycles. The number of aliphatic hydroxyl groups excluding tert-OH is 1. The summed E-state index contributed by atoms with van der Waals surface area (Å²) >= 11 is 1.35. The summed E-state index contributed by atoms with van der Waals surface area (Å²) in [6.45, 7) is 0.310. The van der Waals surface area contributed by atoms with Crippen molar-refractivity contribution in [3.8, 4) is 10.4 Å². The number of ketones is 1. The van der Waals surface area contributed by atoms with Crippen LogP contribution in [0.25, 0.3) is 21.5 Å². The predicted octanol–water partition coefficient (Wildman–Crippen LogP) is 5.77. The summed E-state index contributed by atoms with van der Waals surface area (Å²) in [6.07, 6.45) is 2.66. The van der Waals surface area contributed by atoms with Crippen LogP contribution in [-0.2, 0) is 6.54 Å². The number of hydrogen-bond donors (Lipinski definition) is 4. The average Bonchev–Trinajstić information content (AvgIpc) is 3.78. The van der Waals surface area contributed by atoms with Crippen molar-refractivity contribution in [3.05, 3.63) is 119 Å². The van der Waals surface area contributed by atoms with Crippen LogP contribution in [0.3, 0.4) is 0 Å². The van der Waals surface area contributed by atoms with Gasteiger partial charge in [-0.3, -0.25) is 20.0 Å². The lowest BCUT2D eigenvalue weighted by Gasteiger charge is -2.15. The van der Waals surface area contributed by atoms with Gasteiger partial charge >= 0.3 is 0 Å². The second kappa shape index (κ2) is 11.6. The van der Waals surface area contributed by atoms with Crippen molar-refractivity contribution in [1.29, 1.82) is 0 Å². The minimum absolute atomic E-state index is 0.0269. The lowest BCUT2D eigenvalue weighted by atomic mass is 10.1.